The Hall–Kier alpha value is -2.01. The van der Waals surface area contributed by atoms with E-state index in [9.17, 15) is 4.79 Å². The molecule has 1 aromatic carbocycles. The van der Waals surface area contributed by atoms with Gasteiger partial charge in [0.2, 0.25) is 5.91 Å². The van der Waals surface area contributed by atoms with Gasteiger partial charge in [-0.3, -0.25) is 9.78 Å². The van der Waals surface area contributed by atoms with E-state index >= 15 is 0 Å². The third kappa shape index (κ3) is 4.79. The summed E-state index contributed by atoms with van der Waals surface area (Å²) in [6.45, 7) is 2.40. The van der Waals surface area contributed by atoms with Crippen molar-refractivity contribution in [2.24, 2.45) is 0 Å². The third-order valence-corrected chi connectivity index (χ3v) is 4.04. The SMILES string of the molecule is COc1ccc(S[C@H](C)C(=O)NCc2cccnc2)cc1. The third-order valence-electron chi connectivity index (χ3n) is 2.93. The number of rotatable bonds is 6. The molecule has 1 aromatic heterocycles. The van der Waals surface area contributed by atoms with E-state index in [1.165, 1.54) is 11.8 Å². The number of hydrogen-bond acceptors (Lipinski definition) is 4. The Bertz CT molecular complexity index is 573. The van der Waals surface area contributed by atoms with Gasteiger partial charge in [0.25, 0.3) is 0 Å². The second-order valence-corrected chi connectivity index (χ2v) is 5.93. The molecule has 2 rings (SSSR count). The van der Waals surface area contributed by atoms with Crippen LogP contribution in [0, 0.1) is 0 Å². The zero-order valence-corrected chi connectivity index (χ0v) is 12.9. The highest BCUT2D eigenvalue weighted by atomic mass is 32.2. The Morgan fingerprint density at radius 1 is 1.33 bits per heavy atom. The van der Waals surface area contributed by atoms with Gasteiger partial charge in [0.15, 0.2) is 0 Å². The number of nitrogens with zero attached hydrogens (tertiary/aromatic N) is 1. The maximum atomic E-state index is 12.1. The van der Waals surface area contributed by atoms with Crippen LogP contribution in [0.2, 0.25) is 0 Å². The molecule has 0 aliphatic rings. The van der Waals surface area contributed by atoms with Gasteiger partial charge < -0.3 is 10.1 Å². The molecule has 21 heavy (non-hydrogen) atoms. The maximum absolute atomic E-state index is 12.1. The number of amides is 1. The van der Waals surface area contributed by atoms with Crippen LogP contribution in [-0.2, 0) is 11.3 Å². The number of carbonyl (C=O) groups excluding carboxylic acids is 1. The molecule has 2 aromatic rings. The van der Waals surface area contributed by atoms with Crippen molar-refractivity contribution in [1.82, 2.24) is 10.3 Å². The van der Waals surface area contributed by atoms with Crippen LogP contribution < -0.4 is 10.1 Å². The summed E-state index contributed by atoms with van der Waals surface area (Å²) in [4.78, 5) is 17.1. The van der Waals surface area contributed by atoms with Gasteiger partial charge in [-0.2, -0.15) is 0 Å². The van der Waals surface area contributed by atoms with Crippen molar-refractivity contribution >= 4 is 17.7 Å². The van der Waals surface area contributed by atoms with E-state index < -0.39 is 0 Å². The van der Waals surface area contributed by atoms with Gasteiger partial charge in [-0.1, -0.05) is 6.07 Å². The van der Waals surface area contributed by atoms with Crippen LogP contribution in [0.1, 0.15) is 12.5 Å². The van der Waals surface area contributed by atoms with Crippen molar-refractivity contribution in [2.75, 3.05) is 7.11 Å². The fourth-order valence-electron chi connectivity index (χ4n) is 1.75. The Labute approximate surface area is 128 Å². The molecule has 1 amide bonds. The van der Waals surface area contributed by atoms with Crippen molar-refractivity contribution in [3.63, 3.8) is 0 Å². The van der Waals surface area contributed by atoms with Crippen LogP contribution in [-0.4, -0.2) is 23.3 Å². The lowest BCUT2D eigenvalue weighted by molar-refractivity contribution is -0.120. The predicted octanol–water partition coefficient (Wildman–Crippen LogP) is 2.89. The molecule has 0 unspecified atom stereocenters. The predicted molar refractivity (Wildman–Crippen MR) is 84.4 cm³/mol. The van der Waals surface area contributed by atoms with Gasteiger partial charge in [0, 0.05) is 23.8 Å². The summed E-state index contributed by atoms with van der Waals surface area (Å²) in [5, 5.41) is 2.76. The van der Waals surface area contributed by atoms with Gasteiger partial charge >= 0.3 is 0 Å². The van der Waals surface area contributed by atoms with Gasteiger partial charge in [-0.15, -0.1) is 11.8 Å². The first kappa shape index (κ1) is 15.4. The number of ether oxygens (including phenoxy) is 1. The Morgan fingerprint density at radius 3 is 2.71 bits per heavy atom. The highest BCUT2D eigenvalue weighted by Gasteiger charge is 2.14. The van der Waals surface area contributed by atoms with Crippen molar-refractivity contribution in [1.29, 1.82) is 0 Å². The van der Waals surface area contributed by atoms with E-state index in [1.807, 2.05) is 43.3 Å². The fourth-order valence-corrected chi connectivity index (χ4v) is 2.64. The maximum Gasteiger partial charge on any atom is 0.233 e. The molecule has 0 saturated carbocycles. The van der Waals surface area contributed by atoms with Crippen LogP contribution >= 0.6 is 11.8 Å². The lowest BCUT2D eigenvalue weighted by Gasteiger charge is -2.12. The molecule has 1 N–H and O–H groups in total. The summed E-state index contributed by atoms with van der Waals surface area (Å²) in [7, 11) is 1.64. The lowest BCUT2D eigenvalue weighted by atomic mass is 10.3. The Morgan fingerprint density at radius 2 is 2.10 bits per heavy atom. The number of hydrogen-bond donors (Lipinski definition) is 1. The molecule has 0 aliphatic heterocycles. The average Bonchev–Trinajstić information content (AvgIpc) is 2.54. The summed E-state index contributed by atoms with van der Waals surface area (Å²) in [6, 6.07) is 11.5. The standard InChI is InChI=1S/C16H18N2O2S/c1-12(21-15-7-5-14(20-2)6-8-15)16(19)18-11-13-4-3-9-17-10-13/h3-10,12H,11H2,1-2H3,(H,18,19)/t12-/m1/s1. The average molecular weight is 302 g/mol. The molecule has 1 heterocycles. The topological polar surface area (TPSA) is 51.2 Å². The van der Waals surface area contributed by atoms with Crippen molar-refractivity contribution in [3.8, 4) is 5.75 Å². The Balaban J connectivity index is 1.84. The number of pyridine rings is 1. The molecule has 5 heteroatoms. The number of aromatic nitrogens is 1. The summed E-state index contributed by atoms with van der Waals surface area (Å²) in [5.41, 5.74) is 0.993. The van der Waals surface area contributed by atoms with E-state index in [1.54, 1.807) is 19.5 Å². The second kappa shape index (κ2) is 7.69. The zero-order valence-electron chi connectivity index (χ0n) is 12.1. The molecule has 1 atom stereocenters. The van der Waals surface area contributed by atoms with Crippen LogP contribution in [0.25, 0.3) is 0 Å². The number of carbonyl (C=O) groups is 1. The van der Waals surface area contributed by atoms with Crippen molar-refractivity contribution in [3.05, 3.63) is 54.4 Å². The molecule has 0 fully saturated rings. The number of nitrogens with one attached hydrogen (secondary N) is 1. The lowest BCUT2D eigenvalue weighted by Crippen LogP contribution is -2.30. The molecule has 0 bridgehead atoms. The van der Waals surface area contributed by atoms with Crippen molar-refractivity contribution < 1.29 is 9.53 Å². The van der Waals surface area contributed by atoms with Gasteiger partial charge in [-0.25, -0.2) is 0 Å². The van der Waals surface area contributed by atoms with Crippen LogP contribution in [0.15, 0.2) is 53.7 Å². The van der Waals surface area contributed by atoms with Gasteiger partial charge in [0.05, 0.1) is 12.4 Å². The summed E-state index contributed by atoms with van der Waals surface area (Å²) < 4.78 is 5.11. The first-order chi connectivity index (χ1) is 10.2. The highest BCUT2D eigenvalue weighted by Crippen LogP contribution is 2.25. The normalized spacial score (nSPS) is 11.7. The molecular formula is C16H18N2O2S. The Kier molecular flexibility index (Phi) is 5.63. The minimum absolute atomic E-state index is 0.0136. The first-order valence-corrected chi connectivity index (χ1v) is 7.54. The first-order valence-electron chi connectivity index (χ1n) is 6.66. The van der Waals surface area contributed by atoms with Crippen LogP contribution in [0.5, 0.6) is 5.75 Å². The minimum Gasteiger partial charge on any atom is -0.497 e. The molecule has 0 saturated heterocycles. The smallest absolute Gasteiger partial charge is 0.233 e. The van der Waals surface area contributed by atoms with E-state index in [0.717, 1.165) is 16.2 Å². The van der Waals surface area contributed by atoms with Gasteiger partial charge in [-0.05, 0) is 42.8 Å². The van der Waals surface area contributed by atoms with Crippen molar-refractivity contribution in [2.45, 2.75) is 23.6 Å². The number of methoxy groups -OCH3 is 1. The van der Waals surface area contributed by atoms with Crippen LogP contribution in [0.4, 0.5) is 0 Å². The fraction of sp³-hybridized carbons (Fsp3) is 0.250. The molecule has 0 spiro atoms. The second-order valence-electron chi connectivity index (χ2n) is 4.51. The van der Waals surface area contributed by atoms with E-state index in [4.69, 9.17) is 4.74 Å². The molecule has 4 nitrogen and oxygen atoms in total. The summed E-state index contributed by atoms with van der Waals surface area (Å²) in [5.74, 6) is 0.827. The molecule has 0 radical (unpaired) electrons. The molecule has 0 aliphatic carbocycles. The largest absolute Gasteiger partial charge is 0.497 e. The zero-order chi connectivity index (χ0) is 15.1. The van der Waals surface area contributed by atoms with E-state index in [-0.39, 0.29) is 11.2 Å². The van der Waals surface area contributed by atoms with Crippen LogP contribution in [0.3, 0.4) is 0 Å². The molecular weight excluding hydrogens is 284 g/mol. The summed E-state index contributed by atoms with van der Waals surface area (Å²) >= 11 is 1.52. The number of thioether (sulfide) groups is 1. The van der Waals surface area contributed by atoms with E-state index in [2.05, 4.69) is 10.3 Å². The minimum atomic E-state index is -0.157. The quantitative estimate of drug-likeness (QED) is 0.834. The number of benzene rings is 1. The molecule has 110 valence electrons. The van der Waals surface area contributed by atoms with Gasteiger partial charge in [0.1, 0.15) is 5.75 Å². The monoisotopic (exact) mass is 302 g/mol. The van der Waals surface area contributed by atoms with E-state index in [0.29, 0.717) is 6.54 Å². The summed E-state index contributed by atoms with van der Waals surface area (Å²) in [6.07, 6.45) is 3.47. The highest BCUT2D eigenvalue weighted by molar-refractivity contribution is 8.00.